The predicted octanol–water partition coefficient (Wildman–Crippen LogP) is 2.99. The molecule has 1 fully saturated rings. The lowest BCUT2D eigenvalue weighted by molar-refractivity contribution is -0.141. The molecule has 0 spiro atoms. The Labute approximate surface area is 124 Å². The average molecular weight is 325 g/mol. The van der Waals surface area contributed by atoms with Crippen molar-refractivity contribution in [3.8, 4) is 0 Å². The number of thiazole rings is 1. The lowest BCUT2D eigenvalue weighted by Gasteiger charge is -2.30. The van der Waals surface area contributed by atoms with Gasteiger partial charge in [0.25, 0.3) is 0 Å². The third-order valence-corrected chi connectivity index (χ3v) is 5.38. The third-order valence-electron chi connectivity index (χ3n) is 3.20. The largest absolute Gasteiger partial charge is 0.434 e. The van der Waals surface area contributed by atoms with Crippen molar-refractivity contribution >= 4 is 23.1 Å². The van der Waals surface area contributed by atoms with E-state index in [0.29, 0.717) is 16.4 Å². The van der Waals surface area contributed by atoms with Gasteiger partial charge in [-0.2, -0.15) is 24.9 Å². The summed E-state index contributed by atoms with van der Waals surface area (Å²) < 4.78 is 39.2. The minimum absolute atomic E-state index is 0.00442. The summed E-state index contributed by atoms with van der Waals surface area (Å²) in [6, 6.07) is -0.00442. The van der Waals surface area contributed by atoms with Crippen molar-refractivity contribution in [3.05, 3.63) is 15.6 Å². The SMILES string of the molecule is CCNCc1sc(C2CSCCN2C)nc1C(F)(F)F. The van der Waals surface area contributed by atoms with Crippen LogP contribution in [-0.4, -0.2) is 41.5 Å². The molecule has 0 saturated carbocycles. The van der Waals surface area contributed by atoms with Gasteiger partial charge >= 0.3 is 6.18 Å². The fourth-order valence-electron chi connectivity index (χ4n) is 2.04. The summed E-state index contributed by atoms with van der Waals surface area (Å²) in [4.78, 5) is 6.29. The monoisotopic (exact) mass is 325 g/mol. The van der Waals surface area contributed by atoms with Crippen molar-refractivity contribution in [2.24, 2.45) is 0 Å². The molecule has 114 valence electrons. The zero-order valence-electron chi connectivity index (χ0n) is 11.5. The highest BCUT2D eigenvalue weighted by Gasteiger charge is 2.38. The standard InChI is InChI=1S/C12H18F3N3S2/c1-3-16-6-9-10(12(13,14)15)17-11(20-9)8-7-19-5-4-18(8)2/h8,16H,3-7H2,1-2H3. The minimum Gasteiger partial charge on any atom is -0.312 e. The molecule has 2 rings (SSSR count). The van der Waals surface area contributed by atoms with Crippen LogP contribution in [0.1, 0.15) is 28.5 Å². The Morgan fingerprint density at radius 3 is 2.80 bits per heavy atom. The summed E-state index contributed by atoms with van der Waals surface area (Å²) >= 11 is 2.96. The van der Waals surface area contributed by atoms with Crippen molar-refractivity contribution in [1.29, 1.82) is 0 Å². The number of hydrogen-bond donors (Lipinski definition) is 1. The molecule has 0 aliphatic carbocycles. The number of nitrogens with one attached hydrogen (secondary N) is 1. The Morgan fingerprint density at radius 1 is 1.45 bits per heavy atom. The van der Waals surface area contributed by atoms with Crippen LogP contribution in [0.4, 0.5) is 13.2 Å². The molecule has 1 aromatic rings. The second-order valence-corrected chi connectivity index (χ2v) is 6.94. The zero-order valence-corrected chi connectivity index (χ0v) is 13.1. The first-order chi connectivity index (χ1) is 9.43. The van der Waals surface area contributed by atoms with Crippen LogP contribution in [0.3, 0.4) is 0 Å². The van der Waals surface area contributed by atoms with Crippen LogP contribution in [0.15, 0.2) is 0 Å². The van der Waals surface area contributed by atoms with Crippen LogP contribution in [0.2, 0.25) is 0 Å². The maximum absolute atomic E-state index is 13.1. The molecule has 3 nitrogen and oxygen atoms in total. The van der Waals surface area contributed by atoms with E-state index in [1.54, 1.807) is 11.8 Å². The van der Waals surface area contributed by atoms with Crippen LogP contribution in [-0.2, 0) is 12.7 Å². The first-order valence-corrected chi connectivity index (χ1v) is 8.46. The lowest BCUT2D eigenvalue weighted by atomic mass is 10.3. The number of aromatic nitrogens is 1. The van der Waals surface area contributed by atoms with E-state index in [2.05, 4.69) is 15.2 Å². The van der Waals surface area contributed by atoms with E-state index in [0.717, 1.165) is 18.1 Å². The number of halogens is 3. The molecule has 0 amide bonds. The van der Waals surface area contributed by atoms with Gasteiger partial charge in [0.1, 0.15) is 5.01 Å². The molecule has 1 aliphatic heterocycles. The van der Waals surface area contributed by atoms with E-state index in [9.17, 15) is 13.2 Å². The second-order valence-electron chi connectivity index (χ2n) is 4.67. The molecule has 1 aliphatic rings. The maximum Gasteiger partial charge on any atom is 0.434 e. The van der Waals surface area contributed by atoms with Gasteiger partial charge in [0.05, 0.1) is 10.9 Å². The highest BCUT2D eigenvalue weighted by Crippen LogP contribution is 2.38. The van der Waals surface area contributed by atoms with Crippen LogP contribution >= 0.6 is 23.1 Å². The molecule has 1 atom stereocenters. The van der Waals surface area contributed by atoms with Crippen molar-refractivity contribution in [1.82, 2.24) is 15.2 Å². The van der Waals surface area contributed by atoms with Crippen molar-refractivity contribution in [3.63, 3.8) is 0 Å². The van der Waals surface area contributed by atoms with Crippen LogP contribution in [0.5, 0.6) is 0 Å². The zero-order chi connectivity index (χ0) is 14.8. The van der Waals surface area contributed by atoms with Crippen LogP contribution < -0.4 is 5.32 Å². The van der Waals surface area contributed by atoms with E-state index in [1.807, 2.05) is 14.0 Å². The van der Waals surface area contributed by atoms with Gasteiger partial charge < -0.3 is 5.32 Å². The molecule has 8 heteroatoms. The number of rotatable bonds is 4. The summed E-state index contributed by atoms with van der Waals surface area (Å²) in [5, 5.41) is 3.54. The van der Waals surface area contributed by atoms with Crippen LogP contribution in [0, 0.1) is 0 Å². The average Bonchev–Trinajstić information content (AvgIpc) is 2.80. The van der Waals surface area contributed by atoms with Gasteiger partial charge in [0.15, 0.2) is 5.69 Å². The molecular weight excluding hydrogens is 307 g/mol. The molecule has 1 saturated heterocycles. The first-order valence-electron chi connectivity index (χ1n) is 6.49. The minimum atomic E-state index is -4.38. The Bertz CT molecular complexity index is 448. The molecule has 0 aromatic carbocycles. The van der Waals surface area contributed by atoms with Gasteiger partial charge in [-0.15, -0.1) is 11.3 Å². The van der Waals surface area contributed by atoms with Crippen molar-refractivity contribution < 1.29 is 13.2 Å². The van der Waals surface area contributed by atoms with Gasteiger partial charge in [0.2, 0.25) is 0 Å². The molecule has 1 aromatic heterocycles. The smallest absolute Gasteiger partial charge is 0.312 e. The summed E-state index contributed by atoms with van der Waals surface area (Å²) in [7, 11) is 1.95. The van der Waals surface area contributed by atoms with E-state index in [-0.39, 0.29) is 12.6 Å². The Kier molecular flexibility index (Phi) is 5.33. The van der Waals surface area contributed by atoms with Gasteiger partial charge in [-0.05, 0) is 13.6 Å². The number of thioether (sulfide) groups is 1. The molecule has 1 N–H and O–H groups in total. The quantitative estimate of drug-likeness (QED) is 0.921. The van der Waals surface area contributed by atoms with Crippen LogP contribution in [0.25, 0.3) is 0 Å². The topological polar surface area (TPSA) is 28.2 Å². The fourth-order valence-corrected chi connectivity index (χ4v) is 4.58. The number of alkyl halides is 3. The summed E-state index contributed by atoms with van der Waals surface area (Å²) in [6.45, 7) is 3.63. The van der Waals surface area contributed by atoms with E-state index < -0.39 is 11.9 Å². The highest BCUT2D eigenvalue weighted by atomic mass is 32.2. The molecule has 0 radical (unpaired) electrons. The first kappa shape index (κ1) is 16.1. The maximum atomic E-state index is 13.1. The van der Waals surface area contributed by atoms with Crippen molar-refractivity contribution in [2.45, 2.75) is 25.7 Å². The molecule has 20 heavy (non-hydrogen) atoms. The second kappa shape index (κ2) is 6.64. The molecule has 2 heterocycles. The Hall–Kier alpha value is -0.310. The van der Waals surface area contributed by atoms with E-state index in [1.165, 1.54) is 11.3 Å². The summed E-state index contributed by atoms with van der Waals surface area (Å²) in [5.41, 5.74) is -0.720. The fraction of sp³-hybridized carbons (Fsp3) is 0.750. The van der Waals surface area contributed by atoms with Gasteiger partial charge in [-0.25, -0.2) is 4.98 Å². The molecular formula is C12H18F3N3S2. The van der Waals surface area contributed by atoms with Gasteiger partial charge in [-0.1, -0.05) is 6.92 Å². The van der Waals surface area contributed by atoms with Gasteiger partial charge in [0, 0.05) is 24.6 Å². The predicted molar refractivity (Wildman–Crippen MR) is 77.2 cm³/mol. The molecule has 0 bridgehead atoms. The highest BCUT2D eigenvalue weighted by molar-refractivity contribution is 7.99. The van der Waals surface area contributed by atoms with E-state index in [4.69, 9.17) is 0 Å². The molecule has 1 unspecified atom stereocenters. The third kappa shape index (κ3) is 3.66. The lowest BCUT2D eigenvalue weighted by Crippen LogP contribution is -2.32. The summed E-state index contributed by atoms with van der Waals surface area (Å²) in [6.07, 6.45) is -4.38. The van der Waals surface area contributed by atoms with E-state index >= 15 is 0 Å². The van der Waals surface area contributed by atoms with Gasteiger partial charge in [-0.3, -0.25) is 4.90 Å². The normalized spacial score (nSPS) is 21.4. The Balaban J connectivity index is 2.27. The number of hydrogen-bond acceptors (Lipinski definition) is 5. The van der Waals surface area contributed by atoms with Crippen molar-refractivity contribution in [2.75, 3.05) is 31.6 Å². The number of nitrogens with zero attached hydrogens (tertiary/aromatic N) is 2. The summed E-state index contributed by atoms with van der Waals surface area (Å²) in [5.74, 6) is 1.83. The Morgan fingerprint density at radius 2 is 2.20 bits per heavy atom.